The van der Waals surface area contributed by atoms with Gasteiger partial charge in [-0.2, -0.15) is 5.26 Å². The molecule has 0 heterocycles. The van der Waals surface area contributed by atoms with Gasteiger partial charge in [0.1, 0.15) is 0 Å². The second-order valence-electron chi connectivity index (χ2n) is 4.39. The highest BCUT2D eigenvalue weighted by Crippen LogP contribution is 2.43. The molecule has 0 radical (unpaired) electrons. The second kappa shape index (κ2) is 4.13. The Balaban J connectivity index is 2.17. The Morgan fingerprint density at radius 1 is 1.50 bits per heavy atom. The third-order valence-electron chi connectivity index (χ3n) is 3.31. The van der Waals surface area contributed by atoms with Gasteiger partial charge in [0.15, 0.2) is 11.6 Å². The van der Waals surface area contributed by atoms with Gasteiger partial charge in [-0.3, -0.25) is 0 Å². The molecule has 1 aromatic rings. The van der Waals surface area contributed by atoms with E-state index in [4.69, 9.17) is 10.00 Å². The van der Waals surface area contributed by atoms with Crippen molar-refractivity contribution in [2.75, 3.05) is 7.11 Å². The Morgan fingerprint density at radius 3 is 2.69 bits per heavy atom. The van der Waals surface area contributed by atoms with Crippen LogP contribution in [0.25, 0.3) is 0 Å². The Bertz CT molecular complexity index is 432. The molecule has 84 valence electrons. The van der Waals surface area contributed by atoms with Crippen LogP contribution in [0.15, 0.2) is 18.2 Å². The zero-order valence-corrected chi connectivity index (χ0v) is 9.29. The molecule has 0 amide bonds. The molecule has 3 heteroatoms. The van der Waals surface area contributed by atoms with Crippen molar-refractivity contribution in [3.63, 3.8) is 0 Å². The molecule has 16 heavy (non-hydrogen) atoms. The normalized spacial score (nSPS) is 17.3. The summed E-state index contributed by atoms with van der Waals surface area (Å²) in [5.74, 6) is -0.101. The lowest BCUT2D eigenvalue weighted by Crippen LogP contribution is -2.29. The summed E-state index contributed by atoms with van der Waals surface area (Å²) in [6.45, 7) is 0. The summed E-state index contributed by atoms with van der Waals surface area (Å²) in [7, 11) is 1.45. The molecule has 1 saturated carbocycles. The van der Waals surface area contributed by atoms with Gasteiger partial charge < -0.3 is 4.74 Å². The molecule has 1 aliphatic rings. The first-order valence-electron chi connectivity index (χ1n) is 5.43. The molecular weight excluding hydrogens is 205 g/mol. The summed E-state index contributed by atoms with van der Waals surface area (Å²) >= 11 is 0. The molecule has 2 nitrogen and oxygen atoms in total. The van der Waals surface area contributed by atoms with Crippen molar-refractivity contribution in [3.8, 4) is 11.8 Å². The van der Waals surface area contributed by atoms with E-state index in [1.165, 1.54) is 13.2 Å². The average Bonchev–Trinajstić information content (AvgIpc) is 2.24. The number of hydrogen-bond acceptors (Lipinski definition) is 2. The molecule has 2 rings (SSSR count). The van der Waals surface area contributed by atoms with E-state index in [1.807, 2.05) is 6.07 Å². The van der Waals surface area contributed by atoms with Gasteiger partial charge in [0.2, 0.25) is 0 Å². The van der Waals surface area contributed by atoms with Crippen molar-refractivity contribution >= 4 is 0 Å². The summed E-state index contributed by atoms with van der Waals surface area (Å²) in [5, 5.41) is 9.10. The zero-order valence-electron chi connectivity index (χ0n) is 9.29. The number of nitrogens with zero attached hydrogens (tertiary/aromatic N) is 1. The lowest BCUT2D eigenvalue weighted by Gasteiger charge is -2.35. The maximum absolute atomic E-state index is 13.4. The molecule has 1 fully saturated rings. The van der Waals surface area contributed by atoms with Crippen molar-refractivity contribution < 1.29 is 9.13 Å². The first kappa shape index (κ1) is 10.9. The summed E-state index contributed by atoms with van der Waals surface area (Å²) in [4.78, 5) is 0. The average molecular weight is 219 g/mol. The standard InChI is InChI=1S/C13H14FNO/c1-16-12-4-3-10(7-11(12)14)8-13(9-15)5-2-6-13/h3-4,7H,2,5-6,8H2,1H3. The number of benzene rings is 1. The summed E-state index contributed by atoms with van der Waals surface area (Å²) < 4.78 is 18.3. The second-order valence-corrected chi connectivity index (χ2v) is 4.39. The molecule has 0 spiro atoms. The van der Waals surface area contributed by atoms with Gasteiger partial charge in [-0.05, 0) is 37.0 Å². The topological polar surface area (TPSA) is 33.0 Å². The highest BCUT2D eigenvalue weighted by molar-refractivity contribution is 5.31. The molecular formula is C13H14FNO. The summed E-state index contributed by atoms with van der Waals surface area (Å²) in [6, 6.07) is 7.28. The number of hydrogen-bond donors (Lipinski definition) is 0. The first-order chi connectivity index (χ1) is 7.69. The van der Waals surface area contributed by atoms with Crippen molar-refractivity contribution in [3.05, 3.63) is 29.6 Å². The Hall–Kier alpha value is -1.56. The van der Waals surface area contributed by atoms with E-state index in [2.05, 4.69) is 6.07 Å². The van der Waals surface area contributed by atoms with Gasteiger partial charge in [-0.25, -0.2) is 4.39 Å². The van der Waals surface area contributed by atoms with E-state index >= 15 is 0 Å². The van der Waals surface area contributed by atoms with Gasteiger partial charge in [0.05, 0.1) is 18.6 Å². The van der Waals surface area contributed by atoms with Gasteiger partial charge in [0, 0.05) is 0 Å². The molecule has 0 N–H and O–H groups in total. The SMILES string of the molecule is COc1ccc(CC2(C#N)CCC2)cc1F. The molecule has 0 saturated heterocycles. The van der Waals surface area contributed by atoms with E-state index in [-0.39, 0.29) is 17.0 Å². The van der Waals surface area contributed by atoms with E-state index < -0.39 is 0 Å². The van der Waals surface area contributed by atoms with E-state index in [0.717, 1.165) is 24.8 Å². The molecule has 1 aromatic carbocycles. The maximum atomic E-state index is 13.4. The fourth-order valence-electron chi connectivity index (χ4n) is 2.14. The van der Waals surface area contributed by atoms with Crippen molar-refractivity contribution in [1.29, 1.82) is 5.26 Å². The minimum atomic E-state index is -0.354. The smallest absolute Gasteiger partial charge is 0.165 e. The highest BCUT2D eigenvalue weighted by atomic mass is 19.1. The van der Waals surface area contributed by atoms with E-state index in [9.17, 15) is 4.39 Å². The third-order valence-corrected chi connectivity index (χ3v) is 3.31. The highest BCUT2D eigenvalue weighted by Gasteiger charge is 2.37. The van der Waals surface area contributed by atoms with Gasteiger partial charge in [-0.1, -0.05) is 12.5 Å². The van der Waals surface area contributed by atoms with Crippen LogP contribution in [0, 0.1) is 22.6 Å². The van der Waals surface area contributed by atoms with Crippen LogP contribution in [0.5, 0.6) is 5.75 Å². The molecule has 0 unspecified atom stereocenters. The van der Waals surface area contributed by atoms with Crippen LogP contribution < -0.4 is 4.74 Å². The fourth-order valence-corrected chi connectivity index (χ4v) is 2.14. The lowest BCUT2D eigenvalue weighted by molar-refractivity contribution is 0.214. The number of rotatable bonds is 3. The minimum absolute atomic E-state index is 0.249. The first-order valence-corrected chi connectivity index (χ1v) is 5.43. The summed E-state index contributed by atoms with van der Waals surface area (Å²) in [6.07, 6.45) is 3.60. The van der Waals surface area contributed by atoms with Crippen molar-refractivity contribution in [2.24, 2.45) is 5.41 Å². The minimum Gasteiger partial charge on any atom is -0.494 e. The fraction of sp³-hybridized carbons (Fsp3) is 0.462. The number of ether oxygens (including phenoxy) is 1. The predicted octanol–water partition coefficient (Wildman–Crippen LogP) is 3.07. The maximum Gasteiger partial charge on any atom is 0.165 e. The zero-order chi connectivity index (χ0) is 11.6. The Labute approximate surface area is 94.7 Å². The molecule has 0 atom stereocenters. The quantitative estimate of drug-likeness (QED) is 0.782. The van der Waals surface area contributed by atoms with Crippen LogP contribution in [0.1, 0.15) is 24.8 Å². The number of nitriles is 1. The lowest BCUT2D eigenvalue weighted by atomic mass is 9.66. The van der Waals surface area contributed by atoms with Crippen LogP contribution in [-0.4, -0.2) is 7.11 Å². The van der Waals surface area contributed by atoms with Gasteiger partial charge in [0.25, 0.3) is 0 Å². The van der Waals surface area contributed by atoms with Gasteiger partial charge >= 0.3 is 0 Å². The molecule has 0 bridgehead atoms. The van der Waals surface area contributed by atoms with E-state index in [0.29, 0.717) is 6.42 Å². The van der Waals surface area contributed by atoms with E-state index in [1.54, 1.807) is 6.07 Å². The largest absolute Gasteiger partial charge is 0.494 e. The molecule has 0 aromatic heterocycles. The van der Waals surface area contributed by atoms with Crippen molar-refractivity contribution in [2.45, 2.75) is 25.7 Å². The Kier molecular flexibility index (Phi) is 2.82. The van der Waals surface area contributed by atoms with Gasteiger partial charge in [-0.15, -0.1) is 0 Å². The molecule has 1 aliphatic carbocycles. The van der Waals surface area contributed by atoms with Crippen LogP contribution in [0.3, 0.4) is 0 Å². The predicted molar refractivity (Wildman–Crippen MR) is 58.6 cm³/mol. The summed E-state index contributed by atoms with van der Waals surface area (Å²) in [5.41, 5.74) is 0.626. The third kappa shape index (κ3) is 1.88. The number of methoxy groups -OCH3 is 1. The van der Waals surface area contributed by atoms with Crippen molar-refractivity contribution in [1.82, 2.24) is 0 Å². The van der Waals surface area contributed by atoms with Crippen LogP contribution in [-0.2, 0) is 6.42 Å². The Morgan fingerprint density at radius 2 is 2.25 bits per heavy atom. The monoisotopic (exact) mass is 219 g/mol. The number of halogens is 1. The van der Waals surface area contributed by atoms with Crippen LogP contribution >= 0.6 is 0 Å². The van der Waals surface area contributed by atoms with Crippen LogP contribution in [0.4, 0.5) is 4.39 Å². The van der Waals surface area contributed by atoms with Crippen LogP contribution in [0.2, 0.25) is 0 Å². The molecule has 0 aliphatic heterocycles.